The predicted molar refractivity (Wildman–Crippen MR) is 153 cm³/mol. The molecule has 12 heteroatoms. The molecule has 5 aromatic rings. The number of hydrogen-bond donors (Lipinski definition) is 0. The van der Waals surface area contributed by atoms with E-state index in [1.165, 1.54) is 30.3 Å². The van der Waals surface area contributed by atoms with E-state index in [1.54, 1.807) is 68.0 Å². The van der Waals surface area contributed by atoms with Crippen molar-refractivity contribution in [2.75, 3.05) is 6.26 Å². The predicted octanol–water partition coefficient (Wildman–Crippen LogP) is 7.27. The van der Waals surface area contributed by atoms with E-state index in [0.29, 0.717) is 51.0 Å². The average Bonchev–Trinajstić information content (AvgIpc) is 3.60. The van der Waals surface area contributed by atoms with E-state index in [2.05, 4.69) is 20.9 Å². The van der Waals surface area contributed by atoms with Crippen LogP contribution in [0.15, 0.2) is 88.3 Å². The van der Waals surface area contributed by atoms with Gasteiger partial charge in [-0.15, -0.1) is 13.2 Å². The fourth-order valence-corrected chi connectivity index (χ4v) is 5.14. The fraction of sp³-hybridized carbons (Fsp3) is 0.194. The maximum absolute atomic E-state index is 12.7. The number of rotatable bonds is 7. The minimum absolute atomic E-state index is 0.156. The molecule has 43 heavy (non-hydrogen) atoms. The van der Waals surface area contributed by atoms with Gasteiger partial charge in [-0.1, -0.05) is 18.2 Å². The van der Waals surface area contributed by atoms with Gasteiger partial charge in [-0.05, 0) is 79.6 Å². The van der Waals surface area contributed by atoms with Crippen LogP contribution in [0.2, 0.25) is 0 Å². The zero-order valence-electron chi connectivity index (χ0n) is 23.5. The van der Waals surface area contributed by atoms with Crippen molar-refractivity contribution >= 4 is 9.84 Å². The number of ether oxygens (including phenoxy) is 1. The van der Waals surface area contributed by atoms with Crippen molar-refractivity contribution in [1.29, 1.82) is 5.26 Å². The van der Waals surface area contributed by atoms with Crippen LogP contribution in [-0.2, 0) is 15.3 Å². The maximum Gasteiger partial charge on any atom is 0.573 e. The highest BCUT2D eigenvalue weighted by Crippen LogP contribution is 2.39. The fourth-order valence-electron chi connectivity index (χ4n) is 4.47. The SMILES string of the molecule is Cc1nc(-c2ccc(OC(F)(F)F)cc2)c(-c2cc(-c3cccc(S(C)(=O)=O)c3)ccc2-n2ccc(C(C)(C)C#N)n2)o1. The first-order valence-corrected chi connectivity index (χ1v) is 14.8. The Labute approximate surface area is 245 Å². The lowest BCUT2D eigenvalue weighted by atomic mass is 9.92. The Hall–Kier alpha value is -4.89. The van der Waals surface area contributed by atoms with Crippen molar-refractivity contribution in [3.63, 3.8) is 0 Å². The molecular weight excluding hydrogens is 581 g/mol. The van der Waals surface area contributed by atoms with Crippen LogP contribution in [0.3, 0.4) is 0 Å². The lowest BCUT2D eigenvalue weighted by Gasteiger charge is -2.14. The first-order valence-electron chi connectivity index (χ1n) is 12.9. The van der Waals surface area contributed by atoms with Gasteiger partial charge in [0.05, 0.1) is 27.8 Å². The van der Waals surface area contributed by atoms with Gasteiger partial charge in [0.15, 0.2) is 21.5 Å². The number of nitrogens with zero attached hydrogens (tertiary/aromatic N) is 4. The second kappa shape index (κ2) is 10.7. The van der Waals surface area contributed by atoms with Gasteiger partial charge < -0.3 is 9.15 Å². The summed E-state index contributed by atoms with van der Waals surface area (Å²) >= 11 is 0. The lowest BCUT2D eigenvalue weighted by Crippen LogP contribution is -2.16. The minimum atomic E-state index is -4.83. The normalized spacial score (nSPS) is 12.2. The topological polar surface area (TPSA) is 111 Å². The Morgan fingerprint density at radius 1 is 0.953 bits per heavy atom. The molecule has 0 aliphatic heterocycles. The number of alkyl halides is 3. The number of nitriles is 1. The Kier molecular flexibility index (Phi) is 7.40. The zero-order chi connectivity index (χ0) is 31.2. The van der Waals surface area contributed by atoms with Crippen molar-refractivity contribution in [1.82, 2.24) is 14.8 Å². The molecule has 0 aliphatic carbocycles. The third kappa shape index (κ3) is 6.32. The summed E-state index contributed by atoms with van der Waals surface area (Å²) in [5, 5.41) is 14.3. The summed E-state index contributed by atoms with van der Waals surface area (Å²) in [6.45, 7) is 5.15. The Morgan fingerprint density at radius 3 is 2.28 bits per heavy atom. The Balaban J connectivity index is 1.70. The van der Waals surface area contributed by atoms with Gasteiger partial charge in [-0.3, -0.25) is 0 Å². The monoisotopic (exact) mass is 606 g/mol. The molecule has 0 aliphatic rings. The van der Waals surface area contributed by atoms with E-state index in [9.17, 15) is 26.9 Å². The number of sulfone groups is 1. The third-order valence-electron chi connectivity index (χ3n) is 6.69. The molecule has 5 rings (SSSR count). The highest BCUT2D eigenvalue weighted by Gasteiger charge is 2.31. The molecule has 0 amide bonds. The van der Waals surface area contributed by atoms with Gasteiger partial charge in [0.2, 0.25) is 0 Å². The Bertz CT molecular complexity index is 1970. The molecule has 0 radical (unpaired) electrons. The van der Waals surface area contributed by atoms with Gasteiger partial charge in [0.1, 0.15) is 11.4 Å². The molecule has 0 fully saturated rings. The van der Waals surface area contributed by atoms with E-state index in [-0.39, 0.29) is 10.6 Å². The van der Waals surface area contributed by atoms with Gasteiger partial charge >= 0.3 is 6.36 Å². The number of benzene rings is 3. The molecule has 0 saturated carbocycles. The second-order valence-corrected chi connectivity index (χ2v) is 12.4. The zero-order valence-corrected chi connectivity index (χ0v) is 24.3. The summed E-state index contributed by atoms with van der Waals surface area (Å²) < 4.78 is 74.3. The van der Waals surface area contributed by atoms with Gasteiger partial charge in [0.25, 0.3) is 0 Å². The van der Waals surface area contributed by atoms with Crippen molar-refractivity contribution in [2.24, 2.45) is 0 Å². The summed E-state index contributed by atoms with van der Waals surface area (Å²) in [7, 11) is -3.46. The standard InChI is InChI=1S/C31H25F3N4O4S/c1-19-36-28(20-8-11-23(12-9-20)42-31(32,33)34)29(41-19)25-17-22(21-6-5-7-24(16-21)43(4,39)40)10-13-26(25)38-15-14-27(37-38)30(2,3)18-35/h5-17H,1-4H3. The summed E-state index contributed by atoms with van der Waals surface area (Å²) in [6.07, 6.45) is -1.99. The number of aromatic nitrogens is 3. The van der Waals surface area contributed by atoms with Crippen LogP contribution >= 0.6 is 0 Å². The molecule has 0 N–H and O–H groups in total. The number of halogens is 3. The quantitative estimate of drug-likeness (QED) is 0.192. The first-order chi connectivity index (χ1) is 20.1. The van der Waals surface area contributed by atoms with Crippen LogP contribution in [0.4, 0.5) is 13.2 Å². The van der Waals surface area contributed by atoms with E-state index >= 15 is 0 Å². The number of oxazole rings is 1. The van der Waals surface area contributed by atoms with Gasteiger partial charge in [-0.2, -0.15) is 10.4 Å². The van der Waals surface area contributed by atoms with Crippen LogP contribution in [-0.4, -0.2) is 35.8 Å². The molecule has 0 saturated heterocycles. The molecule has 8 nitrogen and oxygen atoms in total. The van der Waals surface area contributed by atoms with Gasteiger partial charge in [0, 0.05) is 30.5 Å². The molecule has 2 heterocycles. The van der Waals surface area contributed by atoms with E-state index < -0.39 is 21.6 Å². The highest BCUT2D eigenvalue weighted by molar-refractivity contribution is 7.90. The van der Waals surface area contributed by atoms with Crippen LogP contribution in [0, 0.1) is 18.3 Å². The number of aryl methyl sites for hydroxylation is 1. The minimum Gasteiger partial charge on any atom is -0.440 e. The van der Waals surface area contributed by atoms with Crippen LogP contribution < -0.4 is 4.74 Å². The molecule has 0 atom stereocenters. The lowest BCUT2D eigenvalue weighted by molar-refractivity contribution is -0.274. The summed E-state index contributed by atoms with van der Waals surface area (Å²) in [4.78, 5) is 4.68. The summed E-state index contributed by atoms with van der Waals surface area (Å²) in [6, 6.07) is 21.2. The molecule has 2 aromatic heterocycles. The van der Waals surface area contributed by atoms with Crippen LogP contribution in [0.1, 0.15) is 25.4 Å². The average molecular weight is 607 g/mol. The second-order valence-electron chi connectivity index (χ2n) is 10.4. The van der Waals surface area contributed by atoms with E-state index in [1.807, 2.05) is 6.07 Å². The van der Waals surface area contributed by atoms with Crippen molar-refractivity contribution in [2.45, 2.75) is 37.4 Å². The van der Waals surface area contributed by atoms with E-state index in [4.69, 9.17) is 4.42 Å². The third-order valence-corrected chi connectivity index (χ3v) is 7.80. The first kappa shape index (κ1) is 29.6. The molecular formula is C31H25F3N4O4S. The Morgan fingerprint density at radius 2 is 1.63 bits per heavy atom. The van der Waals surface area contributed by atoms with Crippen molar-refractivity contribution in [3.05, 3.63) is 90.6 Å². The van der Waals surface area contributed by atoms with Crippen LogP contribution in [0.25, 0.3) is 39.4 Å². The summed E-state index contributed by atoms with van der Waals surface area (Å²) in [5.41, 5.74) is 2.92. The largest absolute Gasteiger partial charge is 0.573 e. The van der Waals surface area contributed by atoms with Crippen molar-refractivity contribution in [3.8, 4) is 51.2 Å². The van der Waals surface area contributed by atoms with Crippen molar-refractivity contribution < 1.29 is 30.7 Å². The van der Waals surface area contributed by atoms with Gasteiger partial charge in [-0.25, -0.2) is 18.1 Å². The molecule has 3 aromatic carbocycles. The number of hydrogen-bond acceptors (Lipinski definition) is 7. The highest BCUT2D eigenvalue weighted by atomic mass is 32.2. The smallest absolute Gasteiger partial charge is 0.440 e. The van der Waals surface area contributed by atoms with Crippen LogP contribution in [0.5, 0.6) is 5.75 Å². The molecule has 0 unspecified atom stereocenters. The molecule has 220 valence electrons. The maximum atomic E-state index is 12.7. The molecule has 0 spiro atoms. The molecule has 0 bridgehead atoms. The van der Waals surface area contributed by atoms with E-state index in [0.717, 1.165) is 6.26 Å². The summed E-state index contributed by atoms with van der Waals surface area (Å²) in [5.74, 6) is 0.244.